The fraction of sp³-hybridized carbons (Fsp3) is 0.786. The van der Waals surface area contributed by atoms with Crippen LogP contribution in [0.4, 0.5) is 0 Å². The van der Waals surface area contributed by atoms with Gasteiger partial charge in [0.15, 0.2) is 0 Å². The first-order chi connectivity index (χ1) is 9.49. The van der Waals surface area contributed by atoms with Crippen LogP contribution in [-0.2, 0) is 14.4 Å². The summed E-state index contributed by atoms with van der Waals surface area (Å²) in [5.74, 6) is -1.10. The number of carbonyl (C=O) groups is 3. The number of piperidine rings is 2. The summed E-state index contributed by atoms with van der Waals surface area (Å²) in [7, 11) is 0. The minimum atomic E-state index is -0.766. The molecule has 0 aromatic heterocycles. The Hall–Kier alpha value is -1.59. The van der Waals surface area contributed by atoms with Crippen LogP contribution in [0.3, 0.4) is 0 Å². The van der Waals surface area contributed by atoms with Crippen LogP contribution in [0, 0.1) is 11.8 Å². The van der Waals surface area contributed by atoms with E-state index < -0.39 is 5.97 Å². The molecule has 2 amide bonds. The molecule has 2 aliphatic rings. The van der Waals surface area contributed by atoms with Crippen molar-refractivity contribution in [1.29, 1.82) is 0 Å². The molecule has 0 aromatic rings. The second-order valence-corrected chi connectivity index (χ2v) is 5.74. The Bertz CT molecular complexity index is 402. The van der Waals surface area contributed by atoms with Crippen molar-refractivity contribution in [2.24, 2.45) is 11.8 Å². The molecule has 1 N–H and O–H groups in total. The van der Waals surface area contributed by atoms with Gasteiger partial charge in [0.2, 0.25) is 11.8 Å². The van der Waals surface area contributed by atoms with E-state index in [1.54, 1.807) is 9.80 Å². The van der Waals surface area contributed by atoms with Crippen LogP contribution < -0.4 is 0 Å². The Balaban J connectivity index is 1.88. The minimum Gasteiger partial charge on any atom is -0.481 e. The fourth-order valence-electron chi connectivity index (χ4n) is 3.07. The van der Waals surface area contributed by atoms with Gasteiger partial charge in [-0.2, -0.15) is 0 Å². The van der Waals surface area contributed by atoms with Gasteiger partial charge in [0.05, 0.1) is 11.8 Å². The summed E-state index contributed by atoms with van der Waals surface area (Å²) in [5, 5.41) is 8.96. The Labute approximate surface area is 118 Å². The first-order valence-electron chi connectivity index (χ1n) is 7.26. The van der Waals surface area contributed by atoms with Gasteiger partial charge in [0.25, 0.3) is 0 Å². The maximum absolute atomic E-state index is 12.4. The van der Waals surface area contributed by atoms with Gasteiger partial charge < -0.3 is 14.9 Å². The summed E-state index contributed by atoms with van der Waals surface area (Å²) < 4.78 is 0. The van der Waals surface area contributed by atoms with Crippen molar-refractivity contribution < 1.29 is 19.5 Å². The molecule has 2 aliphatic heterocycles. The van der Waals surface area contributed by atoms with Crippen molar-refractivity contribution in [1.82, 2.24) is 9.80 Å². The second-order valence-electron chi connectivity index (χ2n) is 5.74. The average Bonchev–Trinajstić information content (AvgIpc) is 2.46. The molecule has 0 aromatic carbocycles. The van der Waals surface area contributed by atoms with Crippen LogP contribution in [0.1, 0.15) is 32.6 Å². The molecule has 2 rings (SSSR count). The number of hydrogen-bond acceptors (Lipinski definition) is 3. The minimum absolute atomic E-state index is 0.0204. The lowest BCUT2D eigenvalue weighted by Gasteiger charge is -2.37. The van der Waals surface area contributed by atoms with Crippen molar-refractivity contribution in [2.75, 3.05) is 26.2 Å². The Kier molecular flexibility index (Phi) is 4.62. The predicted octanol–water partition coefficient (Wildman–Crippen LogP) is 0.568. The molecular formula is C14H22N2O4. The number of hydrogen-bond donors (Lipinski definition) is 1. The molecular weight excluding hydrogens is 260 g/mol. The zero-order valence-electron chi connectivity index (χ0n) is 11.9. The molecule has 1 atom stereocenters. The first-order valence-corrected chi connectivity index (χ1v) is 7.26. The number of amides is 2. The van der Waals surface area contributed by atoms with Gasteiger partial charge in [-0.15, -0.1) is 0 Å². The van der Waals surface area contributed by atoms with Gasteiger partial charge >= 0.3 is 5.97 Å². The Morgan fingerprint density at radius 2 is 1.60 bits per heavy atom. The van der Waals surface area contributed by atoms with Crippen LogP contribution >= 0.6 is 0 Å². The quantitative estimate of drug-likeness (QED) is 0.803. The van der Waals surface area contributed by atoms with Crippen molar-refractivity contribution in [3.8, 4) is 0 Å². The first kappa shape index (κ1) is 14.8. The lowest BCUT2D eigenvalue weighted by Crippen LogP contribution is -2.48. The van der Waals surface area contributed by atoms with Gasteiger partial charge in [-0.3, -0.25) is 14.4 Å². The highest BCUT2D eigenvalue weighted by Gasteiger charge is 2.33. The molecule has 1 unspecified atom stereocenters. The fourth-order valence-corrected chi connectivity index (χ4v) is 3.07. The third-order valence-corrected chi connectivity index (χ3v) is 4.37. The van der Waals surface area contributed by atoms with Crippen molar-refractivity contribution >= 4 is 17.8 Å². The SMILES string of the molecule is CC(=O)N1CCCC(C(=O)N2CCC(C(=O)O)CC2)C1. The predicted molar refractivity (Wildman–Crippen MR) is 71.9 cm³/mol. The maximum Gasteiger partial charge on any atom is 0.306 e. The summed E-state index contributed by atoms with van der Waals surface area (Å²) in [6, 6.07) is 0. The van der Waals surface area contributed by atoms with E-state index in [1.165, 1.54) is 6.92 Å². The standard InChI is InChI=1S/C14H22N2O4/c1-10(17)16-6-2-3-12(9-16)13(18)15-7-4-11(5-8-15)14(19)20/h11-12H,2-9H2,1H3,(H,19,20). The normalized spacial score (nSPS) is 24.6. The lowest BCUT2D eigenvalue weighted by molar-refractivity contribution is -0.148. The largest absolute Gasteiger partial charge is 0.481 e. The van der Waals surface area contributed by atoms with E-state index in [-0.39, 0.29) is 23.7 Å². The van der Waals surface area contributed by atoms with Crippen LogP contribution in [0.15, 0.2) is 0 Å². The highest BCUT2D eigenvalue weighted by molar-refractivity contribution is 5.81. The average molecular weight is 282 g/mol. The Morgan fingerprint density at radius 1 is 0.950 bits per heavy atom. The number of nitrogens with zero attached hydrogens (tertiary/aromatic N) is 2. The van der Waals surface area contributed by atoms with Gasteiger partial charge in [0.1, 0.15) is 0 Å². The third kappa shape index (κ3) is 3.29. The van der Waals surface area contributed by atoms with Crippen LogP contribution in [0.2, 0.25) is 0 Å². The monoisotopic (exact) mass is 282 g/mol. The molecule has 6 nitrogen and oxygen atoms in total. The van der Waals surface area contributed by atoms with Crippen molar-refractivity contribution in [2.45, 2.75) is 32.6 Å². The molecule has 112 valence electrons. The molecule has 0 bridgehead atoms. The Morgan fingerprint density at radius 3 is 2.15 bits per heavy atom. The van der Waals surface area contributed by atoms with E-state index in [2.05, 4.69) is 0 Å². The number of carboxylic acids is 1. The van der Waals surface area contributed by atoms with Crippen LogP contribution in [0.5, 0.6) is 0 Å². The molecule has 0 aliphatic carbocycles. The van der Waals surface area contributed by atoms with Crippen molar-refractivity contribution in [3.05, 3.63) is 0 Å². The van der Waals surface area contributed by atoms with Crippen LogP contribution in [0.25, 0.3) is 0 Å². The van der Waals surface area contributed by atoms with E-state index in [0.29, 0.717) is 32.5 Å². The summed E-state index contributed by atoms with van der Waals surface area (Å²) in [6.07, 6.45) is 2.75. The number of carbonyl (C=O) groups excluding carboxylic acids is 2. The number of aliphatic carboxylic acids is 1. The second kappa shape index (κ2) is 6.24. The molecule has 2 heterocycles. The zero-order valence-corrected chi connectivity index (χ0v) is 11.9. The van der Waals surface area contributed by atoms with E-state index in [1.807, 2.05) is 0 Å². The number of rotatable bonds is 2. The molecule has 20 heavy (non-hydrogen) atoms. The summed E-state index contributed by atoms with van der Waals surface area (Å²) >= 11 is 0. The van der Waals surface area contributed by atoms with Crippen molar-refractivity contribution in [3.63, 3.8) is 0 Å². The van der Waals surface area contributed by atoms with Crippen LogP contribution in [-0.4, -0.2) is 58.9 Å². The third-order valence-electron chi connectivity index (χ3n) is 4.37. The highest BCUT2D eigenvalue weighted by atomic mass is 16.4. The van der Waals surface area contributed by atoms with E-state index in [4.69, 9.17) is 5.11 Å². The topological polar surface area (TPSA) is 77.9 Å². The smallest absolute Gasteiger partial charge is 0.306 e. The summed E-state index contributed by atoms with van der Waals surface area (Å²) in [4.78, 5) is 38.2. The van der Waals surface area contributed by atoms with E-state index >= 15 is 0 Å². The number of likely N-dealkylation sites (tertiary alicyclic amines) is 2. The molecule has 0 saturated carbocycles. The molecule has 0 radical (unpaired) electrons. The van der Waals surface area contributed by atoms with Gasteiger partial charge in [-0.05, 0) is 25.7 Å². The van der Waals surface area contributed by atoms with E-state index in [9.17, 15) is 14.4 Å². The number of carboxylic acid groups (broad SMARTS) is 1. The van der Waals surface area contributed by atoms with Gasteiger partial charge in [-0.25, -0.2) is 0 Å². The summed E-state index contributed by atoms with van der Waals surface area (Å²) in [5.41, 5.74) is 0. The molecule has 2 fully saturated rings. The zero-order chi connectivity index (χ0) is 14.7. The highest BCUT2D eigenvalue weighted by Crippen LogP contribution is 2.23. The van der Waals surface area contributed by atoms with E-state index in [0.717, 1.165) is 19.4 Å². The van der Waals surface area contributed by atoms with Gasteiger partial charge in [0, 0.05) is 33.1 Å². The maximum atomic E-state index is 12.4. The molecule has 0 spiro atoms. The van der Waals surface area contributed by atoms with Gasteiger partial charge in [-0.1, -0.05) is 0 Å². The lowest BCUT2D eigenvalue weighted by atomic mass is 9.93. The summed E-state index contributed by atoms with van der Waals surface area (Å²) in [6.45, 7) is 3.82. The molecule has 6 heteroatoms. The molecule has 2 saturated heterocycles.